The van der Waals surface area contributed by atoms with E-state index in [0.717, 1.165) is 18.7 Å². The topological polar surface area (TPSA) is 78.9 Å². The number of hydrogen-bond donors (Lipinski definition) is 2. The fourth-order valence-corrected chi connectivity index (χ4v) is 2.04. The molecular formula is C14H18N2O4. The zero-order chi connectivity index (χ0) is 14.4. The van der Waals surface area contributed by atoms with Crippen molar-refractivity contribution in [2.45, 2.75) is 12.8 Å². The second-order valence-corrected chi connectivity index (χ2v) is 4.51. The number of carbonyl (C=O) groups is 2. The summed E-state index contributed by atoms with van der Waals surface area (Å²) >= 11 is 0. The molecule has 0 saturated carbocycles. The van der Waals surface area contributed by atoms with Crippen molar-refractivity contribution in [2.75, 3.05) is 31.2 Å². The number of aliphatic hydroxyl groups is 1. The SMILES string of the molecule is O=C(COc1ccc(N2CCCC2=O)cc1)NCCO. The molecule has 0 spiro atoms. The van der Waals surface area contributed by atoms with E-state index in [-0.39, 0.29) is 31.6 Å². The Morgan fingerprint density at radius 3 is 2.70 bits per heavy atom. The minimum Gasteiger partial charge on any atom is -0.484 e. The molecule has 6 heteroatoms. The number of benzene rings is 1. The van der Waals surface area contributed by atoms with Gasteiger partial charge in [-0.05, 0) is 30.7 Å². The highest BCUT2D eigenvalue weighted by atomic mass is 16.5. The van der Waals surface area contributed by atoms with E-state index < -0.39 is 0 Å². The first-order valence-electron chi connectivity index (χ1n) is 6.61. The molecule has 108 valence electrons. The van der Waals surface area contributed by atoms with E-state index in [1.807, 2.05) is 12.1 Å². The summed E-state index contributed by atoms with van der Waals surface area (Å²) in [5.74, 6) is 0.430. The van der Waals surface area contributed by atoms with Gasteiger partial charge in [0.05, 0.1) is 6.61 Å². The maximum atomic E-state index is 11.6. The molecule has 2 N–H and O–H groups in total. The summed E-state index contributed by atoms with van der Waals surface area (Å²) in [5.41, 5.74) is 0.851. The van der Waals surface area contributed by atoms with E-state index in [1.165, 1.54) is 0 Å². The summed E-state index contributed by atoms with van der Waals surface area (Å²) in [5, 5.41) is 11.1. The third-order valence-electron chi connectivity index (χ3n) is 3.03. The molecule has 0 radical (unpaired) electrons. The van der Waals surface area contributed by atoms with E-state index in [4.69, 9.17) is 9.84 Å². The Kier molecular flexibility index (Phi) is 4.95. The largest absolute Gasteiger partial charge is 0.484 e. The first kappa shape index (κ1) is 14.3. The van der Waals surface area contributed by atoms with Gasteiger partial charge < -0.3 is 20.1 Å². The second-order valence-electron chi connectivity index (χ2n) is 4.51. The van der Waals surface area contributed by atoms with Gasteiger partial charge in [0.2, 0.25) is 5.91 Å². The van der Waals surface area contributed by atoms with Crippen LogP contribution in [-0.2, 0) is 9.59 Å². The Bertz CT molecular complexity index is 473. The molecule has 0 bridgehead atoms. The lowest BCUT2D eigenvalue weighted by Gasteiger charge is -2.16. The van der Waals surface area contributed by atoms with Crippen LogP contribution < -0.4 is 15.0 Å². The molecule has 20 heavy (non-hydrogen) atoms. The molecule has 1 aromatic rings. The van der Waals surface area contributed by atoms with Crippen LogP contribution in [0.2, 0.25) is 0 Å². The van der Waals surface area contributed by atoms with E-state index in [2.05, 4.69) is 5.32 Å². The number of nitrogens with one attached hydrogen (secondary N) is 1. The number of amides is 2. The van der Waals surface area contributed by atoms with Crippen LogP contribution in [0.3, 0.4) is 0 Å². The Balaban J connectivity index is 1.85. The normalized spacial score (nSPS) is 14.4. The predicted octanol–water partition coefficient (Wildman–Crippen LogP) is 0.301. The van der Waals surface area contributed by atoms with Crippen LogP contribution >= 0.6 is 0 Å². The van der Waals surface area contributed by atoms with Crippen molar-refractivity contribution in [1.82, 2.24) is 5.32 Å². The van der Waals surface area contributed by atoms with E-state index in [1.54, 1.807) is 17.0 Å². The van der Waals surface area contributed by atoms with Gasteiger partial charge in [-0.25, -0.2) is 0 Å². The van der Waals surface area contributed by atoms with Crippen molar-refractivity contribution < 1.29 is 19.4 Å². The van der Waals surface area contributed by atoms with Gasteiger partial charge in [-0.15, -0.1) is 0 Å². The monoisotopic (exact) mass is 278 g/mol. The van der Waals surface area contributed by atoms with Crippen LogP contribution in [0.1, 0.15) is 12.8 Å². The van der Waals surface area contributed by atoms with Gasteiger partial charge in [0, 0.05) is 25.2 Å². The highest BCUT2D eigenvalue weighted by Crippen LogP contribution is 2.23. The fourth-order valence-electron chi connectivity index (χ4n) is 2.04. The zero-order valence-electron chi connectivity index (χ0n) is 11.2. The first-order chi connectivity index (χ1) is 9.70. The second kappa shape index (κ2) is 6.91. The third-order valence-corrected chi connectivity index (χ3v) is 3.03. The molecule has 0 unspecified atom stereocenters. The maximum absolute atomic E-state index is 11.6. The van der Waals surface area contributed by atoms with Gasteiger partial charge in [-0.1, -0.05) is 0 Å². The number of nitrogens with zero attached hydrogens (tertiary/aromatic N) is 1. The number of rotatable bonds is 6. The van der Waals surface area contributed by atoms with E-state index in [9.17, 15) is 9.59 Å². The summed E-state index contributed by atoms with van der Waals surface area (Å²) in [6.07, 6.45) is 1.49. The van der Waals surface area contributed by atoms with Crippen molar-refractivity contribution in [3.05, 3.63) is 24.3 Å². The predicted molar refractivity (Wildman–Crippen MR) is 73.6 cm³/mol. The maximum Gasteiger partial charge on any atom is 0.258 e. The number of hydrogen-bond acceptors (Lipinski definition) is 4. The summed E-state index contributed by atoms with van der Waals surface area (Å²) < 4.78 is 5.31. The van der Waals surface area contributed by atoms with Gasteiger partial charge in [0.25, 0.3) is 5.91 Å². The molecule has 6 nitrogen and oxygen atoms in total. The molecule has 2 rings (SSSR count). The minimum absolute atomic E-state index is 0.0930. The van der Waals surface area contributed by atoms with E-state index in [0.29, 0.717) is 12.2 Å². The van der Waals surface area contributed by atoms with Crippen LogP contribution in [0, 0.1) is 0 Å². The molecule has 0 aliphatic carbocycles. The molecule has 0 aromatic heterocycles. The highest BCUT2D eigenvalue weighted by Gasteiger charge is 2.21. The summed E-state index contributed by atoms with van der Waals surface area (Å²) in [7, 11) is 0. The summed E-state index contributed by atoms with van der Waals surface area (Å²) in [4.78, 5) is 24.6. The van der Waals surface area contributed by atoms with Crippen LogP contribution in [0.4, 0.5) is 5.69 Å². The Hall–Kier alpha value is -2.08. The van der Waals surface area contributed by atoms with Gasteiger partial charge in [0.15, 0.2) is 6.61 Å². The lowest BCUT2D eigenvalue weighted by Crippen LogP contribution is -2.31. The smallest absolute Gasteiger partial charge is 0.258 e. The summed E-state index contributed by atoms with van der Waals surface area (Å²) in [6.45, 7) is 0.785. The molecule has 1 saturated heterocycles. The van der Waals surface area contributed by atoms with Gasteiger partial charge in [0.1, 0.15) is 5.75 Å². The van der Waals surface area contributed by atoms with Gasteiger partial charge >= 0.3 is 0 Å². The number of anilines is 1. The molecule has 2 amide bonds. The highest BCUT2D eigenvalue weighted by molar-refractivity contribution is 5.95. The van der Waals surface area contributed by atoms with Gasteiger partial charge in [-0.2, -0.15) is 0 Å². The zero-order valence-corrected chi connectivity index (χ0v) is 11.2. The van der Waals surface area contributed by atoms with Crippen molar-refractivity contribution in [1.29, 1.82) is 0 Å². The lowest BCUT2D eigenvalue weighted by atomic mass is 10.3. The molecule has 1 aliphatic rings. The molecule has 1 heterocycles. The number of ether oxygens (including phenoxy) is 1. The Morgan fingerprint density at radius 1 is 1.35 bits per heavy atom. The van der Waals surface area contributed by atoms with Crippen molar-refractivity contribution in [3.63, 3.8) is 0 Å². The lowest BCUT2D eigenvalue weighted by molar-refractivity contribution is -0.123. The van der Waals surface area contributed by atoms with Crippen molar-refractivity contribution in [2.24, 2.45) is 0 Å². The molecule has 1 fully saturated rings. The third kappa shape index (κ3) is 3.71. The quantitative estimate of drug-likeness (QED) is 0.784. The minimum atomic E-state index is -0.280. The Labute approximate surface area is 117 Å². The fraction of sp³-hybridized carbons (Fsp3) is 0.429. The number of carbonyl (C=O) groups excluding carboxylic acids is 2. The van der Waals surface area contributed by atoms with Crippen LogP contribution in [0.5, 0.6) is 5.75 Å². The average molecular weight is 278 g/mol. The van der Waals surface area contributed by atoms with Crippen molar-refractivity contribution >= 4 is 17.5 Å². The summed E-state index contributed by atoms with van der Waals surface area (Å²) in [6, 6.07) is 7.09. The molecule has 1 aliphatic heterocycles. The molecule has 1 aromatic carbocycles. The van der Waals surface area contributed by atoms with Crippen molar-refractivity contribution in [3.8, 4) is 5.75 Å². The van der Waals surface area contributed by atoms with E-state index >= 15 is 0 Å². The molecular weight excluding hydrogens is 260 g/mol. The average Bonchev–Trinajstić information content (AvgIpc) is 2.89. The van der Waals surface area contributed by atoms with Gasteiger partial charge in [-0.3, -0.25) is 9.59 Å². The standard InChI is InChI=1S/C14H18N2O4/c17-9-7-15-13(18)10-20-12-5-3-11(4-6-12)16-8-1-2-14(16)19/h3-6,17H,1-2,7-10H2,(H,15,18). The first-order valence-corrected chi connectivity index (χ1v) is 6.61. The molecule has 0 atom stereocenters. The van der Waals surface area contributed by atoms with Crippen LogP contribution in [0.25, 0.3) is 0 Å². The number of aliphatic hydroxyl groups excluding tert-OH is 1. The van der Waals surface area contributed by atoms with Crippen LogP contribution in [0.15, 0.2) is 24.3 Å². The Morgan fingerprint density at radius 2 is 2.10 bits per heavy atom. The van der Waals surface area contributed by atoms with Crippen LogP contribution in [-0.4, -0.2) is 43.2 Å².